The summed E-state index contributed by atoms with van der Waals surface area (Å²) in [4.78, 5) is 22.5. The molecule has 2 heterocycles. The van der Waals surface area contributed by atoms with Gasteiger partial charge in [0.05, 0.1) is 19.3 Å². The number of fused-ring (bicyclic) bond motifs is 2. The highest BCUT2D eigenvalue weighted by Crippen LogP contribution is 2.39. The summed E-state index contributed by atoms with van der Waals surface area (Å²) in [7, 11) is 1.30. The second kappa shape index (κ2) is 3.69. The molecule has 0 spiro atoms. The third kappa shape index (κ3) is 1.66. The van der Waals surface area contributed by atoms with Crippen molar-refractivity contribution in [2.24, 2.45) is 5.92 Å². The van der Waals surface area contributed by atoms with Crippen molar-refractivity contribution >= 4 is 11.8 Å². The largest absolute Gasteiger partial charge is 0.469 e. The Labute approximate surface area is 82.6 Å². The molecule has 2 saturated heterocycles. The molecule has 14 heavy (non-hydrogen) atoms. The van der Waals surface area contributed by atoms with Crippen LogP contribution >= 0.6 is 0 Å². The third-order valence-electron chi connectivity index (χ3n) is 3.07. The number of rotatable bonds is 3. The minimum Gasteiger partial charge on any atom is -0.469 e. The first-order chi connectivity index (χ1) is 6.70. The van der Waals surface area contributed by atoms with Gasteiger partial charge in [0.1, 0.15) is 12.2 Å². The quantitative estimate of drug-likeness (QED) is 0.494. The van der Waals surface area contributed by atoms with E-state index in [1.54, 1.807) is 0 Å². The third-order valence-corrected chi connectivity index (χ3v) is 3.07. The summed E-state index contributed by atoms with van der Waals surface area (Å²) in [5.41, 5.74) is 0. The van der Waals surface area contributed by atoms with Crippen LogP contribution in [0.25, 0.3) is 0 Å². The average Bonchev–Trinajstić information content (AvgIpc) is 2.78. The molecule has 0 aromatic heterocycles. The molecule has 0 N–H and O–H groups in total. The maximum atomic E-state index is 11.6. The van der Waals surface area contributed by atoms with Crippen LogP contribution in [0, 0.1) is 5.92 Å². The van der Waals surface area contributed by atoms with Crippen LogP contribution in [0.4, 0.5) is 0 Å². The fourth-order valence-corrected chi connectivity index (χ4v) is 2.32. The normalized spacial score (nSPS) is 34.5. The van der Waals surface area contributed by atoms with Crippen LogP contribution in [0.2, 0.25) is 0 Å². The summed E-state index contributed by atoms with van der Waals surface area (Å²) >= 11 is 0. The highest BCUT2D eigenvalue weighted by molar-refractivity contribution is 5.97. The Morgan fingerprint density at radius 3 is 2.71 bits per heavy atom. The molecule has 2 aliphatic heterocycles. The molecule has 0 aliphatic carbocycles. The van der Waals surface area contributed by atoms with E-state index in [1.165, 1.54) is 7.11 Å². The first kappa shape index (κ1) is 9.65. The van der Waals surface area contributed by atoms with Crippen molar-refractivity contribution in [2.75, 3.05) is 7.11 Å². The molecule has 0 radical (unpaired) electrons. The Balaban J connectivity index is 1.90. The van der Waals surface area contributed by atoms with Gasteiger partial charge in [0.2, 0.25) is 0 Å². The van der Waals surface area contributed by atoms with Gasteiger partial charge in [-0.25, -0.2) is 0 Å². The van der Waals surface area contributed by atoms with Crippen molar-refractivity contribution < 1.29 is 19.1 Å². The molecular weight excluding hydrogens is 184 g/mol. The van der Waals surface area contributed by atoms with Crippen LogP contribution in [0.5, 0.6) is 0 Å². The van der Waals surface area contributed by atoms with E-state index in [0.29, 0.717) is 0 Å². The van der Waals surface area contributed by atoms with Gasteiger partial charge in [0, 0.05) is 5.92 Å². The SMILES string of the molecule is COC(=O)CC(=O)C1CC2CCC1O2. The van der Waals surface area contributed by atoms with Gasteiger partial charge in [-0.3, -0.25) is 9.59 Å². The Morgan fingerprint density at radius 2 is 2.21 bits per heavy atom. The minimum absolute atomic E-state index is 0.0240. The molecule has 0 saturated carbocycles. The Bertz CT molecular complexity index is 261. The molecule has 2 fully saturated rings. The van der Waals surface area contributed by atoms with Crippen LogP contribution in [0.1, 0.15) is 25.7 Å². The number of methoxy groups -OCH3 is 1. The van der Waals surface area contributed by atoms with E-state index < -0.39 is 5.97 Å². The van der Waals surface area contributed by atoms with Crippen LogP contribution < -0.4 is 0 Å². The second-order valence-electron chi connectivity index (χ2n) is 3.94. The lowest BCUT2D eigenvalue weighted by Crippen LogP contribution is -2.27. The summed E-state index contributed by atoms with van der Waals surface area (Å²) in [6.45, 7) is 0. The van der Waals surface area contributed by atoms with Crippen molar-refractivity contribution in [2.45, 2.75) is 37.9 Å². The van der Waals surface area contributed by atoms with Crippen molar-refractivity contribution in [3.05, 3.63) is 0 Å². The Hall–Kier alpha value is -0.900. The van der Waals surface area contributed by atoms with Gasteiger partial charge in [-0.1, -0.05) is 0 Å². The van der Waals surface area contributed by atoms with Crippen LogP contribution in [0.3, 0.4) is 0 Å². The first-order valence-electron chi connectivity index (χ1n) is 4.95. The number of Topliss-reactive ketones (excluding diaryl/α,β-unsaturated/α-hetero) is 1. The van der Waals surface area contributed by atoms with Gasteiger partial charge >= 0.3 is 5.97 Å². The molecule has 3 unspecified atom stereocenters. The fraction of sp³-hybridized carbons (Fsp3) is 0.800. The second-order valence-corrected chi connectivity index (χ2v) is 3.94. The molecular formula is C10H14O4. The maximum Gasteiger partial charge on any atom is 0.313 e. The van der Waals surface area contributed by atoms with Crippen molar-refractivity contribution in [1.29, 1.82) is 0 Å². The molecule has 4 heteroatoms. The van der Waals surface area contributed by atoms with E-state index in [1.807, 2.05) is 0 Å². The van der Waals surface area contributed by atoms with Gasteiger partial charge in [-0.2, -0.15) is 0 Å². The number of ketones is 1. The molecule has 2 bridgehead atoms. The standard InChI is InChI=1S/C10H14O4/c1-13-10(12)5-8(11)7-4-6-2-3-9(7)14-6/h6-7,9H,2-5H2,1H3. The highest BCUT2D eigenvalue weighted by Gasteiger charge is 2.44. The zero-order valence-corrected chi connectivity index (χ0v) is 8.19. The van der Waals surface area contributed by atoms with E-state index in [0.717, 1.165) is 19.3 Å². The van der Waals surface area contributed by atoms with Gasteiger partial charge in [0.15, 0.2) is 0 Å². The molecule has 0 aromatic carbocycles. The number of carbonyl (C=O) groups is 2. The lowest BCUT2D eigenvalue weighted by Gasteiger charge is -2.16. The van der Waals surface area contributed by atoms with Gasteiger partial charge < -0.3 is 9.47 Å². The summed E-state index contributed by atoms with van der Waals surface area (Å²) in [6, 6.07) is 0. The average molecular weight is 198 g/mol. The van der Waals surface area contributed by atoms with E-state index in [2.05, 4.69) is 4.74 Å². The molecule has 0 amide bonds. The summed E-state index contributed by atoms with van der Waals surface area (Å²) in [5, 5.41) is 0. The first-order valence-corrected chi connectivity index (χ1v) is 4.95. The number of carbonyl (C=O) groups excluding carboxylic acids is 2. The predicted octanol–water partition coefficient (Wildman–Crippen LogP) is 0.686. The van der Waals surface area contributed by atoms with Crippen LogP contribution in [-0.2, 0) is 19.1 Å². The number of esters is 1. The van der Waals surface area contributed by atoms with E-state index >= 15 is 0 Å². The van der Waals surface area contributed by atoms with Gasteiger partial charge in [0.25, 0.3) is 0 Å². The lowest BCUT2D eigenvalue weighted by molar-refractivity contribution is -0.144. The molecule has 3 atom stereocenters. The van der Waals surface area contributed by atoms with Crippen molar-refractivity contribution in [3.63, 3.8) is 0 Å². The topological polar surface area (TPSA) is 52.6 Å². The number of hydrogen-bond donors (Lipinski definition) is 0. The minimum atomic E-state index is -0.447. The molecule has 4 nitrogen and oxygen atoms in total. The van der Waals surface area contributed by atoms with E-state index in [9.17, 15) is 9.59 Å². The fourth-order valence-electron chi connectivity index (χ4n) is 2.32. The molecule has 78 valence electrons. The zero-order valence-electron chi connectivity index (χ0n) is 8.19. The van der Waals surface area contributed by atoms with E-state index in [4.69, 9.17) is 4.74 Å². The Kier molecular flexibility index (Phi) is 2.54. The maximum absolute atomic E-state index is 11.6. The summed E-state index contributed by atoms with van der Waals surface area (Å²) in [6.07, 6.45) is 3.03. The van der Waals surface area contributed by atoms with E-state index in [-0.39, 0.29) is 30.3 Å². The van der Waals surface area contributed by atoms with Crippen molar-refractivity contribution in [1.82, 2.24) is 0 Å². The smallest absolute Gasteiger partial charge is 0.313 e. The van der Waals surface area contributed by atoms with Crippen molar-refractivity contribution in [3.8, 4) is 0 Å². The molecule has 0 aromatic rings. The molecule has 2 aliphatic rings. The number of ether oxygens (including phenoxy) is 2. The highest BCUT2D eigenvalue weighted by atomic mass is 16.5. The number of hydrogen-bond acceptors (Lipinski definition) is 4. The monoisotopic (exact) mass is 198 g/mol. The zero-order chi connectivity index (χ0) is 10.1. The summed E-state index contributed by atoms with van der Waals surface area (Å²) in [5.74, 6) is -0.533. The Morgan fingerprint density at radius 1 is 1.43 bits per heavy atom. The molecule has 2 rings (SSSR count). The van der Waals surface area contributed by atoms with Crippen LogP contribution in [-0.4, -0.2) is 31.1 Å². The predicted molar refractivity (Wildman–Crippen MR) is 47.6 cm³/mol. The van der Waals surface area contributed by atoms with Gasteiger partial charge in [-0.15, -0.1) is 0 Å². The lowest BCUT2D eigenvalue weighted by atomic mass is 9.85. The summed E-state index contributed by atoms with van der Waals surface area (Å²) < 4.78 is 10.0. The van der Waals surface area contributed by atoms with Gasteiger partial charge in [-0.05, 0) is 19.3 Å². The van der Waals surface area contributed by atoms with Crippen LogP contribution in [0.15, 0.2) is 0 Å².